The number of rotatable bonds is 3. The van der Waals surface area contributed by atoms with Crippen LogP contribution in [0.25, 0.3) is 10.6 Å². The first-order valence-corrected chi connectivity index (χ1v) is 6.94. The molecule has 0 radical (unpaired) electrons. The highest BCUT2D eigenvalue weighted by Gasteiger charge is 2.26. The Bertz CT molecular complexity index is 522. The molecule has 0 fully saturated rings. The van der Waals surface area contributed by atoms with E-state index in [0.717, 1.165) is 16.3 Å². The first-order chi connectivity index (χ1) is 8.48. The molecule has 0 saturated carbocycles. The van der Waals surface area contributed by atoms with Crippen molar-refractivity contribution >= 4 is 33.0 Å². The van der Waals surface area contributed by atoms with Gasteiger partial charge in [-0.05, 0) is 24.3 Å². The number of benzene rings is 1. The summed E-state index contributed by atoms with van der Waals surface area (Å²) in [4.78, 5) is 4.33. The van der Waals surface area contributed by atoms with Gasteiger partial charge in [0.15, 0.2) is 0 Å². The van der Waals surface area contributed by atoms with Gasteiger partial charge in [-0.2, -0.15) is 13.2 Å². The average molecular weight is 337 g/mol. The maximum Gasteiger partial charge on any atom is 0.482 e. The number of hydrogen-bond acceptors (Lipinski definition) is 3. The molecule has 1 aromatic carbocycles. The van der Waals surface area contributed by atoms with Gasteiger partial charge in [-0.15, -0.1) is 11.3 Å². The molecule has 0 unspecified atom stereocenters. The third kappa shape index (κ3) is 3.46. The Morgan fingerprint density at radius 1 is 1.22 bits per heavy atom. The third-order valence-electron chi connectivity index (χ3n) is 2.11. The van der Waals surface area contributed by atoms with Crippen LogP contribution in [0.3, 0.4) is 0 Å². The van der Waals surface area contributed by atoms with Crippen LogP contribution in [0, 0.1) is 0 Å². The normalized spacial score (nSPS) is 11.6. The molecule has 0 saturated heterocycles. The quantitative estimate of drug-likeness (QED) is 0.652. The second-order valence-electron chi connectivity index (χ2n) is 3.48. The van der Waals surface area contributed by atoms with Gasteiger partial charge in [-0.25, -0.2) is 4.98 Å². The van der Waals surface area contributed by atoms with Gasteiger partial charge in [0, 0.05) is 22.0 Å². The number of anilines is 1. The summed E-state index contributed by atoms with van der Waals surface area (Å²) in [5.41, 5.74) is 1.73. The van der Waals surface area contributed by atoms with Crippen LogP contribution in [0.15, 0.2) is 29.6 Å². The molecule has 2 nitrogen and oxygen atoms in total. The van der Waals surface area contributed by atoms with Crippen molar-refractivity contribution < 1.29 is 13.2 Å². The van der Waals surface area contributed by atoms with E-state index in [0.29, 0.717) is 5.33 Å². The number of nitrogens with one attached hydrogen (secondary N) is 1. The maximum absolute atomic E-state index is 12.1. The lowest BCUT2D eigenvalue weighted by molar-refractivity contribution is -0.0999. The van der Waals surface area contributed by atoms with E-state index in [9.17, 15) is 13.2 Å². The fourth-order valence-corrected chi connectivity index (χ4v) is 2.69. The molecule has 2 aromatic rings. The van der Waals surface area contributed by atoms with E-state index in [1.165, 1.54) is 28.8 Å². The molecular weight excluding hydrogens is 329 g/mol. The van der Waals surface area contributed by atoms with E-state index in [4.69, 9.17) is 0 Å². The van der Waals surface area contributed by atoms with Crippen LogP contribution < -0.4 is 5.32 Å². The number of thiazole rings is 1. The number of halogens is 4. The van der Waals surface area contributed by atoms with E-state index >= 15 is 0 Å². The second-order valence-corrected chi connectivity index (χ2v) is 4.90. The molecule has 1 N–H and O–H groups in total. The van der Waals surface area contributed by atoms with Crippen molar-refractivity contribution in [2.24, 2.45) is 0 Å². The van der Waals surface area contributed by atoms with Gasteiger partial charge in [0.05, 0.1) is 5.69 Å². The summed E-state index contributed by atoms with van der Waals surface area (Å²) in [6, 6.07) is 6.01. The van der Waals surface area contributed by atoms with Gasteiger partial charge in [0.2, 0.25) is 0 Å². The van der Waals surface area contributed by atoms with Crippen molar-refractivity contribution in [3.8, 4) is 10.6 Å². The largest absolute Gasteiger partial charge is 0.482 e. The molecule has 1 aromatic heterocycles. The van der Waals surface area contributed by atoms with Crippen LogP contribution in [-0.4, -0.2) is 11.3 Å². The molecule has 0 atom stereocenters. The number of nitrogens with zero attached hydrogens (tertiary/aromatic N) is 1. The Morgan fingerprint density at radius 2 is 1.89 bits per heavy atom. The van der Waals surface area contributed by atoms with Crippen molar-refractivity contribution in [1.82, 2.24) is 4.98 Å². The Morgan fingerprint density at radius 3 is 2.39 bits per heavy atom. The zero-order valence-corrected chi connectivity index (χ0v) is 11.4. The minimum Gasteiger partial charge on any atom is -0.298 e. The highest BCUT2D eigenvalue weighted by atomic mass is 79.9. The van der Waals surface area contributed by atoms with Gasteiger partial charge >= 0.3 is 6.30 Å². The monoisotopic (exact) mass is 336 g/mol. The molecule has 0 aliphatic carbocycles. The zero-order chi connectivity index (χ0) is 13.2. The highest BCUT2D eigenvalue weighted by Crippen LogP contribution is 2.27. The van der Waals surface area contributed by atoms with Crippen molar-refractivity contribution in [2.75, 3.05) is 5.32 Å². The van der Waals surface area contributed by atoms with E-state index in [-0.39, 0.29) is 5.69 Å². The Labute approximate surface area is 114 Å². The van der Waals surface area contributed by atoms with Crippen LogP contribution in [0.1, 0.15) is 5.69 Å². The molecule has 0 bridgehead atoms. The van der Waals surface area contributed by atoms with E-state index in [1.54, 1.807) is 12.1 Å². The lowest BCUT2D eigenvalue weighted by Crippen LogP contribution is -2.20. The van der Waals surface area contributed by atoms with E-state index < -0.39 is 6.30 Å². The minimum absolute atomic E-state index is 0.0171. The predicted molar refractivity (Wildman–Crippen MR) is 69.9 cm³/mol. The van der Waals surface area contributed by atoms with Crippen molar-refractivity contribution in [3.05, 3.63) is 35.3 Å². The predicted octanol–water partition coefficient (Wildman–Crippen LogP) is 4.64. The summed E-state index contributed by atoms with van der Waals surface area (Å²) in [6.45, 7) is 0. The van der Waals surface area contributed by atoms with Gasteiger partial charge in [0.1, 0.15) is 5.01 Å². The molecule has 0 spiro atoms. The van der Waals surface area contributed by atoms with Crippen molar-refractivity contribution in [1.29, 1.82) is 0 Å². The molecule has 18 heavy (non-hydrogen) atoms. The fourth-order valence-electron chi connectivity index (χ4n) is 1.36. The van der Waals surface area contributed by atoms with Gasteiger partial charge < -0.3 is 0 Å². The van der Waals surface area contributed by atoms with E-state index in [1.807, 2.05) is 5.38 Å². The fraction of sp³-hybridized carbons (Fsp3) is 0.182. The Hall–Kier alpha value is -1.08. The first-order valence-electron chi connectivity index (χ1n) is 4.93. The van der Waals surface area contributed by atoms with Gasteiger partial charge in [0.25, 0.3) is 0 Å². The van der Waals surface area contributed by atoms with Crippen LogP contribution in [0.4, 0.5) is 18.9 Å². The first kappa shape index (κ1) is 13.4. The summed E-state index contributed by atoms with van der Waals surface area (Å²) in [6.07, 6.45) is -4.41. The third-order valence-corrected chi connectivity index (χ3v) is 3.62. The van der Waals surface area contributed by atoms with E-state index in [2.05, 4.69) is 20.9 Å². The molecule has 0 aliphatic rings. The minimum atomic E-state index is -4.41. The number of hydrogen-bond donors (Lipinski definition) is 1. The van der Waals surface area contributed by atoms with Gasteiger partial charge in [-0.3, -0.25) is 5.32 Å². The van der Waals surface area contributed by atoms with Crippen LogP contribution >= 0.6 is 27.3 Å². The smallest absolute Gasteiger partial charge is 0.298 e. The molecular formula is C11H8BrF3N2S. The van der Waals surface area contributed by atoms with Crippen LogP contribution in [0.2, 0.25) is 0 Å². The molecule has 0 aliphatic heterocycles. The Kier molecular flexibility index (Phi) is 3.91. The Balaban J connectivity index is 2.17. The lowest BCUT2D eigenvalue weighted by atomic mass is 10.2. The second kappa shape index (κ2) is 5.27. The lowest BCUT2D eigenvalue weighted by Gasteiger charge is -2.09. The summed E-state index contributed by atoms with van der Waals surface area (Å²) in [5, 5.41) is 4.82. The van der Waals surface area contributed by atoms with Crippen LogP contribution in [-0.2, 0) is 5.33 Å². The molecule has 1 heterocycles. The topological polar surface area (TPSA) is 24.9 Å². The van der Waals surface area contributed by atoms with Crippen molar-refractivity contribution in [3.63, 3.8) is 0 Å². The SMILES string of the molecule is FC(F)(F)Nc1ccc(-c2nc(CBr)cs2)cc1. The molecule has 7 heteroatoms. The highest BCUT2D eigenvalue weighted by molar-refractivity contribution is 9.08. The van der Waals surface area contributed by atoms with Crippen LogP contribution in [0.5, 0.6) is 0 Å². The summed E-state index contributed by atoms with van der Waals surface area (Å²) in [7, 11) is 0. The summed E-state index contributed by atoms with van der Waals surface area (Å²) in [5.74, 6) is 0. The zero-order valence-electron chi connectivity index (χ0n) is 8.96. The summed E-state index contributed by atoms with van der Waals surface area (Å²) >= 11 is 4.76. The molecule has 96 valence electrons. The van der Waals surface area contributed by atoms with Gasteiger partial charge in [-0.1, -0.05) is 15.9 Å². The standard InChI is InChI=1S/C11H8BrF3N2S/c12-5-9-6-18-10(16-9)7-1-3-8(4-2-7)17-11(13,14)15/h1-4,6,17H,5H2. The van der Waals surface area contributed by atoms with Crippen molar-refractivity contribution in [2.45, 2.75) is 11.6 Å². The average Bonchev–Trinajstić information content (AvgIpc) is 2.76. The number of aromatic nitrogens is 1. The molecule has 0 amide bonds. The number of alkyl halides is 4. The molecule has 2 rings (SSSR count). The summed E-state index contributed by atoms with van der Waals surface area (Å²) < 4.78 is 36.3. The maximum atomic E-state index is 12.1.